The number of hydrogen-bond acceptors (Lipinski definition) is 7. The Kier molecular flexibility index (Phi) is 5.67. The van der Waals surface area contributed by atoms with Gasteiger partial charge in [-0.3, -0.25) is 9.59 Å². The molecule has 1 aromatic carbocycles. The molecule has 37 heavy (non-hydrogen) atoms. The number of halogens is 2. The molecule has 2 saturated carbocycles. The highest BCUT2D eigenvalue weighted by molar-refractivity contribution is 6.04. The number of aliphatic hydroxyl groups excluding tert-OH is 1. The fourth-order valence-corrected chi connectivity index (χ4v) is 7.61. The van der Waals surface area contributed by atoms with Crippen LogP contribution in [0.4, 0.5) is 8.78 Å². The molecule has 7 nitrogen and oxygen atoms in total. The maximum Gasteiger partial charge on any atom is 0.310 e. The summed E-state index contributed by atoms with van der Waals surface area (Å²) in [6, 6.07) is 2.83. The van der Waals surface area contributed by atoms with Gasteiger partial charge in [0.2, 0.25) is 0 Å². The van der Waals surface area contributed by atoms with Crippen molar-refractivity contribution in [3.05, 3.63) is 58.7 Å². The van der Waals surface area contributed by atoms with Crippen molar-refractivity contribution >= 4 is 11.8 Å². The average Bonchev–Trinajstić information content (AvgIpc) is 3.22. The van der Waals surface area contributed by atoms with E-state index in [1.165, 1.54) is 6.08 Å². The predicted molar refractivity (Wildman–Crippen MR) is 127 cm³/mol. The number of aliphatic hydroxyl groups is 4. The van der Waals surface area contributed by atoms with Gasteiger partial charge in [0.1, 0.15) is 28.9 Å². The Hall–Kier alpha value is -2.46. The molecule has 0 spiro atoms. The number of ketones is 1. The second-order valence-electron chi connectivity index (χ2n) is 11.8. The van der Waals surface area contributed by atoms with Crippen LogP contribution in [0.5, 0.6) is 0 Å². The van der Waals surface area contributed by atoms with Crippen LogP contribution in [0.2, 0.25) is 0 Å². The number of fused-ring (bicyclic) bond motifs is 5. The van der Waals surface area contributed by atoms with Crippen molar-refractivity contribution in [1.29, 1.82) is 0 Å². The van der Waals surface area contributed by atoms with Gasteiger partial charge in [-0.2, -0.15) is 0 Å². The number of rotatable bonds is 4. The number of carbonyl (C=O) groups excluding carboxylic acids is 2. The van der Waals surface area contributed by atoms with Gasteiger partial charge in [0.25, 0.3) is 0 Å². The highest BCUT2D eigenvalue weighted by Crippen LogP contribution is 2.75. The zero-order chi connectivity index (χ0) is 27.3. The molecule has 0 unspecified atom stereocenters. The topological polar surface area (TPSA) is 124 Å². The molecule has 9 heteroatoms. The second-order valence-corrected chi connectivity index (χ2v) is 11.8. The van der Waals surface area contributed by atoms with E-state index in [-0.39, 0.29) is 17.6 Å². The monoisotopic (exact) mass is 518 g/mol. The summed E-state index contributed by atoms with van der Waals surface area (Å²) >= 11 is 0. The van der Waals surface area contributed by atoms with E-state index in [0.29, 0.717) is 11.6 Å². The third-order valence-electron chi connectivity index (χ3n) is 9.61. The molecule has 0 saturated heterocycles. The standard InChI is InChI=1S/C28H32F2O7/c1-13-7-20-26(34,23(13)33)11-15(12-31)8-18-22-25(3,4)28(22,36)24(14(2)27(18,20)35)37-21(32)9-16-5-6-17(29)10-19(16)30/h5-8,10,14,18,20,22,24,31,34-36H,9,11-12H2,1-4H3/t14-,18+,20-,22+,24-,26-,27-,28-/m1/s1. The van der Waals surface area contributed by atoms with Crippen molar-refractivity contribution in [2.75, 3.05) is 6.61 Å². The minimum Gasteiger partial charge on any atom is -0.459 e. The zero-order valence-electron chi connectivity index (χ0n) is 21.2. The van der Waals surface area contributed by atoms with Crippen LogP contribution in [0.15, 0.2) is 41.5 Å². The van der Waals surface area contributed by atoms with E-state index in [0.717, 1.165) is 12.1 Å². The Morgan fingerprint density at radius 1 is 1.16 bits per heavy atom. The maximum atomic E-state index is 14.2. The van der Waals surface area contributed by atoms with Crippen molar-refractivity contribution in [2.45, 2.75) is 63.4 Å². The molecular formula is C28H32F2O7. The van der Waals surface area contributed by atoms with E-state index in [1.807, 2.05) is 0 Å². The van der Waals surface area contributed by atoms with Crippen molar-refractivity contribution in [1.82, 2.24) is 0 Å². The number of carbonyl (C=O) groups is 2. The SMILES string of the molecule is CC1=C[C@H]2[C@@]3(O)[C@H](C)[C@@H](OC(=O)Cc4ccc(F)cc4F)[C@]4(O)[C@@H]([C@@H]3C=C(CO)C[C@]2(O)C1=O)C4(C)C. The molecular weight excluding hydrogens is 486 g/mol. The summed E-state index contributed by atoms with van der Waals surface area (Å²) in [6.45, 7) is 6.27. The lowest BCUT2D eigenvalue weighted by Gasteiger charge is -2.52. The number of hydrogen-bond donors (Lipinski definition) is 4. The molecule has 1 aromatic rings. The highest BCUT2D eigenvalue weighted by Gasteiger charge is 2.85. The molecule has 0 amide bonds. The highest BCUT2D eigenvalue weighted by atomic mass is 19.1. The molecule has 200 valence electrons. The van der Waals surface area contributed by atoms with Crippen LogP contribution in [0.1, 0.15) is 39.7 Å². The lowest BCUT2D eigenvalue weighted by molar-refractivity contribution is -0.220. The largest absolute Gasteiger partial charge is 0.459 e. The predicted octanol–water partition coefficient (Wildman–Crippen LogP) is 2.00. The molecule has 8 atom stereocenters. The minimum absolute atomic E-state index is 0.0793. The summed E-state index contributed by atoms with van der Waals surface area (Å²) in [5.41, 5.74) is -5.66. The molecule has 0 aromatic heterocycles. The smallest absolute Gasteiger partial charge is 0.310 e. The Morgan fingerprint density at radius 2 is 1.84 bits per heavy atom. The van der Waals surface area contributed by atoms with Gasteiger partial charge in [0, 0.05) is 41.6 Å². The van der Waals surface area contributed by atoms with Crippen molar-refractivity contribution in [3.8, 4) is 0 Å². The van der Waals surface area contributed by atoms with Crippen molar-refractivity contribution in [2.24, 2.45) is 29.1 Å². The summed E-state index contributed by atoms with van der Waals surface area (Å²) in [4.78, 5) is 26.0. The number of benzene rings is 1. The fraction of sp³-hybridized carbons (Fsp3) is 0.571. The van der Waals surface area contributed by atoms with Crippen LogP contribution in [0.3, 0.4) is 0 Å². The van der Waals surface area contributed by atoms with Gasteiger partial charge in [0.15, 0.2) is 5.78 Å². The van der Waals surface area contributed by atoms with Gasteiger partial charge in [0.05, 0.1) is 18.6 Å². The van der Waals surface area contributed by atoms with E-state index in [2.05, 4.69) is 0 Å². The molecule has 2 fully saturated rings. The first kappa shape index (κ1) is 26.2. The van der Waals surface area contributed by atoms with Gasteiger partial charge in [-0.15, -0.1) is 0 Å². The van der Waals surface area contributed by atoms with Crippen LogP contribution in [-0.2, 0) is 20.7 Å². The zero-order valence-corrected chi connectivity index (χ0v) is 21.2. The summed E-state index contributed by atoms with van der Waals surface area (Å²) in [5, 5.41) is 45.9. The minimum atomic E-state index is -2.00. The van der Waals surface area contributed by atoms with Gasteiger partial charge in [-0.25, -0.2) is 8.78 Å². The molecule has 4 N–H and O–H groups in total. The summed E-state index contributed by atoms with van der Waals surface area (Å²) in [6.07, 6.45) is 1.25. The first-order valence-electron chi connectivity index (χ1n) is 12.5. The molecule has 0 radical (unpaired) electrons. The first-order chi connectivity index (χ1) is 17.1. The Bertz CT molecular complexity index is 1250. The van der Waals surface area contributed by atoms with E-state index in [4.69, 9.17) is 4.74 Å². The van der Waals surface area contributed by atoms with Crippen LogP contribution >= 0.6 is 0 Å². The van der Waals surface area contributed by atoms with Crippen LogP contribution in [-0.4, -0.2) is 61.7 Å². The summed E-state index contributed by atoms with van der Waals surface area (Å²) in [7, 11) is 0. The van der Waals surface area contributed by atoms with Crippen molar-refractivity contribution < 1.29 is 43.5 Å². The van der Waals surface area contributed by atoms with Crippen molar-refractivity contribution in [3.63, 3.8) is 0 Å². The van der Waals surface area contributed by atoms with Crippen LogP contribution in [0.25, 0.3) is 0 Å². The Labute approximate surface area is 213 Å². The molecule has 0 heterocycles. The third-order valence-corrected chi connectivity index (χ3v) is 9.61. The lowest BCUT2D eigenvalue weighted by Crippen LogP contribution is -2.65. The molecule has 4 aliphatic rings. The van der Waals surface area contributed by atoms with E-state index >= 15 is 0 Å². The van der Waals surface area contributed by atoms with Crippen LogP contribution < -0.4 is 0 Å². The second kappa shape index (κ2) is 8.02. The van der Waals surface area contributed by atoms with Gasteiger partial charge in [-0.05, 0) is 29.7 Å². The van der Waals surface area contributed by atoms with E-state index in [9.17, 15) is 38.8 Å². The Morgan fingerprint density at radius 3 is 2.46 bits per heavy atom. The summed E-state index contributed by atoms with van der Waals surface area (Å²) in [5.74, 6) is -6.55. The van der Waals surface area contributed by atoms with Crippen LogP contribution in [0, 0.1) is 40.7 Å². The molecule has 4 aliphatic carbocycles. The van der Waals surface area contributed by atoms with Gasteiger partial charge in [-0.1, -0.05) is 39.0 Å². The first-order valence-corrected chi connectivity index (χ1v) is 12.5. The van der Waals surface area contributed by atoms with E-state index in [1.54, 1.807) is 33.8 Å². The quantitative estimate of drug-likeness (QED) is 0.355. The third kappa shape index (κ3) is 3.30. The molecule has 5 rings (SSSR count). The average molecular weight is 519 g/mol. The number of esters is 1. The lowest BCUT2D eigenvalue weighted by atomic mass is 9.59. The number of ether oxygens (including phenoxy) is 1. The van der Waals surface area contributed by atoms with Gasteiger partial charge < -0.3 is 25.2 Å². The van der Waals surface area contributed by atoms with Gasteiger partial charge >= 0.3 is 5.97 Å². The normalized spacial score (nSPS) is 41.6. The summed E-state index contributed by atoms with van der Waals surface area (Å²) < 4.78 is 33.2. The maximum absolute atomic E-state index is 14.2. The van der Waals surface area contributed by atoms with E-state index < -0.39 is 88.4 Å². The fourth-order valence-electron chi connectivity index (χ4n) is 7.61. The number of Topliss-reactive ketones (excluding diaryl/α,β-unsaturated/α-hetero) is 1. The molecule has 0 aliphatic heterocycles. The molecule has 0 bridgehead atoms. The Balaban J connectivity index is 1.57.